The van der Waals surface area contributed by atoms with Crippen LogP contribution in [0.5, 0.6) is 0 Å². The fraction of sp³-hybridized carbons (Fsp3) is 0.143. The van der Waals surface area contributed by atoms with Gasteiger partial charge in [-0.2, -0.15) is 5.10 Å². The van der Waals surface area contributed by atoms with Crippen LogP contribution in [0.1, 0.15) is 1.43 Å². The summed E-state index contributed by atoms with van der Waals surface area (Å²) in [5.41, 5.74) is 0.826. The predicted molar refractivity (Wildman–Crippen MR) is 57.3 cm³/mol. The van der Waals surface area contributed by atoms with E-state index >= 15 is 0 Å². The molecule has 0 aliphatic carbocycles. The van der Waals surface area contributed by atoms with Crippen LogP contribution in [0, 0.1) is 3.70 Å². The van der Waals surface area contributed by atoms with Crippen LogP contribution in [0.3, 0.4) is 0 Å². The Kier molecular flexibility index (Phi) is 4.00. The summed E-state index contributed by atoms with van der Waals surface area (Å²) in [6, 6.07) is 3.70. The van der Waals surface area contributed by atoms with Gasteiger partial charge >= 0.3 is 29.6 Å². The minimum atomic E-state index is 0. The number of halogens is 2. The Hall–Kier alpha value is 0.640. The van der Waals surface area contributed by atoms with E-state index < -0.39 is 0 Å². The van der Waals surface area contributed by atoms with Gasteiger partial charge in [0.15, 0.2) is 5.65 Å². The van der Waals surface area contributed by atoms with Crippen molar-refractivity contribution in [3.63, 3.8) is 0 Å². The van der Waals surface area contributed by atoms with Crippen molar-refractivity contribution in [2.45, 2.75) is 0 Å². The number of hydrogen-bond donors (Lipinski definition) is 0. The van der Waals surface area contributed by atoms with Crippen LogP contribution in [-0.4, -0.2) is 14.8 Å². The first-order valence-corrected chi connectivity index (χ1v) is 4.79. The van der Waals surface area contributed by atoms with Gasteiger partial charge in [-0.3, -0.25) is 0 Å². The number of fused-ring (bicyclic) bond motifs is 1. The predicted octanol–water partition coefficient (Wildman–Crippen LogP) is -0.657. The van der Waals surface area contributed by atoms with Crippen LogP contribution in [0.4, 0.5) is 0 Å². The van der Waals surface area contributed by atoms with Gasteiger partial charge in [-0.05, 0) is 34.7 Å². The maximum absolute atomic E-state index is 5.75. The van der Waals surface area contributed by atoms with Gasteiger partial charge in [-0.25, -0.2) is 9.67 Å². The Morgan fingerprint density at radius 3 is 2.92 bits per heavy atom. The molecule has 2 aromatic heterocycles. The Bertz CT molecular complexity index is 448. The molecule has 0 aromatic carbocycles. The molecule has 0 aliphatic heterocycles. The number of pyridine rings is 1. The molecule has 0 saturated carbocycles. The third-order valence-corrected chi connectivity index (χ3v) is 2.62. The van der Waals surface area contributed by atoms with E-state index in [2.05, 4.69) is 32.7 Å². The second-order valence-electron chi connectivity index (χ2n) is 2.42. The van der Waals surface area contributed by atoms with E-state index in [4.69, 9.17) is 11.6 Å². The summed E-state index contributed by atoms with van der Waals surface area (Å²) >= 11 is 7.92. The minimum absolute atomic E-state index is 0. The van der Waals surface area contributed by atoms with Crippen molar-refractivity contribution in [3.05, 3.63) is 21.0 Å². The van der Waals surface area contributed by atoms with Crippen LogP contribution < -0.4 is 29.6 Å². The van der Waals surface area contributed by atoms with E-state index in [9.17, 15) is 0 Å². The Labute approximate surface area is 118 Å². The SMILES string of the molecule is Cn1nc(I)c2ccc(Cl)nc21.[H-].[Na+]. The molecular formula is C7H6ClIN3Na. The van der Waals surface area contributed by atoms with Gasteiger partial charge < -0.3 is 1.43 Å². The second-order valence-corrected chi connectivity index (χ2v) is 3.83. The zero-order valence-corrected chi connectivity index (χ0v) is 12.2. The van der Waals surface area contributed by atoms with Crippen molar-refractivity contribution in [1.29, 1.82) is 0 Å². The molecule has 3 nitrogen and oxygen atoms in total. The third kappa shape index (κ3) is 2.18. The number of aromatic nitrogens is 3. The first kappa shape index (κ1) is 11.7. The first-order chi connectivity index (χ1) is 5.68. The molecule has 0 fully saturated rings. The molecule has 64 valence electrons. The normalized spacial score (nSPS) is 10.1. The Morgan fingerprint density at radius 1 is 1.54 bits per heavy atom. The van der Waals surface area contributed by atoms with E-state index in [1.807, 2.05) is 13.1 Å². The number of rotatable bonds is 0. The topological polar surface area (TPSA) is 30.7 Å². The molecule has 0 spiro atoms. The molecule has 13 heavy (non-hydrogen) atoms. The molecule has 0 aliphatic rings. The number of aryl methyl sites for hydroxylation is 1. The van der Waals surface area contributed by atoms with E-state index in [0.29, 0.717) is 5.15 Å². The van der Waals surface area contributed by atoms with Crippen LogP contribution in [-0.2, 0) is 7.05 Å². The zero-order valence-electron chi connectivity index (χ0n) is 8.25. The summed E-state index contributed by atoms with van der Waals surface area (Å²) < 4.78 is 2.68. The van der Waals surface area contributed by atoms with Crippen LogP contribution >= 0.6 is 34.2 Å². The summed E-state index contributed by atoms with van der Waals surface area (Å²) in [6.07, 6.45) is 0. The Morgan fingerprint density at radius 2 is 2.23 bits per heavy atom. The van der Waals surface area contributed by atoms with Gasteiger partial charge in [0, 0.05) is 7.05 Å². The van der Waals surface area contributed by atoms with E-state index in [0.717, 1.165) is 14.7 Å². The zero-order chi connectivity index (χ0) is 8.72. The molecule has 0 unspecified atom stereocenters. The summed E-state index contributed by atoms with van der Waals surface area (Å²) in [4.78, 5) is 4.16. The summed E-state index contributed by atoms with van der Waals surface area (Å²) in [6.45, 7) is 0. The second kappa shape index (κ2) is 4.44. The van der Waals surface area contributed by atoms with Gasteiger partial charge in [0.05, 0.1) is 5.39 Å². The van der Waals surface area contributed by atoms with Crippen molar-refractivity contribution in [2.24, 2.45) is 7.05 Å². The molecule has 0 N–H and O–H groups in total. The van der Waals surface area contributed by atoms with Crippen molar-refractivity contribution in [2.75, 3.05) is 0 Å². The maximum Gasteiger partial charge on any atom is 1.00 e. The minimum Gasteiger partial charge on any atom is -1.00 e. The smallest absolute Gasteiger partial charge is 1.00 e. The fourth-order valence-corrected chi connectivity index (χ4v) is 1.95. The van der Waals surface area contributed by atoms with Crippen molar-refractivity contribution in [1.82, 2.24) is 14.8 Å². The molecule has 2 heterocycles. The van der Waals surface area contributed by atoms with Crippen molar-refractivity contribution in [3.8, 4) is 0 Å². The number of nitrogens with zero attached hydrogens (tertiary/aromatic N) is 3. The van der Waals surface area contributed by atoms with E-state index in [1.54, 1.807) is 10.7 Å². The molecule has 0 saturated heterocycles. The summed E-state index contributed by atoms with van der Waals surface area (Å²) in [5.74, 6) is 0. The summed E-state index contributed by atoms with van der Waals surface area (Å²) in [5, 5.41) is 5.76. The average Bonchev–Trinajstić information content (AvgIpc) is 2.28. The van der Waals surface area contributed by atoms with E-state index in [1.165, 1.54) is 0 Å². The molecule has 6 heteroatoms. The largest absolute Gasteiger partial charge is 1.00 e. The molecule has 0 radical (unpaired) electrons. The van der Waals surface area contributed by atoms with Crippen molar-refractivity contribution >= 4 is 45.2 Å². The molecular weight excluding hydrogens is 311 g/mol. The van der Waals surface area contributed by atoms with E-state index in [-0.39, 0.29) is 31.0 Å². The fourth-order valence-electron chi connectivity index (χ4n) is 1.07. The average molecular weight is 317 g/mol. The van der Waals surface area contributed by atoms with Crippen LogP contribution in [0.25, 0.3) is 11.0 Å². The molecule has 2 rings (SSSR count). The van der Waals surface area contributed by atoms with Gasteiger partial charge in [-0.1, -0.05) is 11.6 Å². The van der Waals surface area contributed by atoms with Crippen LogP contribution in [0.2, 0.25) is 5.15 Å². The van der Waals surface area contributed by atoms with Gasteiger partial charge in [-0.15, -0.1) is 0 Å². The maximum atomic E-state index is 5.75. The monoisotopic (exact) mass is 317 g/mol. The first-order valence-electron chi connectivity index (χ1n) is 3.33. The van der Waals surface area contributed by atoms with Gasteiger partial charge in [0.2, 0.25) is 0 Å². The summed E-state index contributed by atoms with van der Waals surface area (Å²) in [7, 11) is 1.85. The Balaban J connectivity index is 0.000000845. The number of hydrogen-bond acceptors (Lipinski definition) is 2. The third-order valence-electron chi connectivity index (χ3n) is 1.61. The molecule has 0 bridgehead atoms. The molecule has 0 amide bonds. The van der Waals surface area contributed by atoms with Gasteiger partial charge in [0.25, 0.3) is 0 Å². The van der Waals surface area contributed by atoms with Gasteiger partial charge in [0.1, 0.15) is 8.85 Å². The quantitative estimate of drug-likeness (QED) is 0.367. The van der Waals surface area contributed by atoms with Crippen LogP contribution in [0.15, 0.2) is 12.1 Å². The van der Waals surface area contributed by atoms with Crippen molar-refractivity contribution < 1.29 is 31.0 Å². The molecule has 0 atom stereocenters. The molecule has 2 aromatic rings. The standard InChI is InChI=1S/C7H5ClIN3.Na.H/c1-12-7-4(6(9)11-12)2-3-5(8)10-7;;/h2-3H,1H3;;/q;+1;-1.